The predicted molar refractivity (Wildman–Crippen MR) is 62.0 cm³/mol. The molecule has 2 rings (SSSR count). The van der Waals surface area contributed by atoms with Crippen LogP contribution in [0, 0.1) is 0 Å². The van der Waals surface area contributed by atoms with Crippen molar-refractivity contribution in [3.63, 3.8) is 0 Å². The van der Waals surface area contributed by atoms with Gasteiger partial charge in [-0.1, -0.05) is 25.1 Å². The van der Waals surface area contributed by atoms with Gasteiger partial charge in [0, 0.05) is 5.39 Å². The van der Waals surface area contributed by atoms with Gasteiger partial charge in [0.2, 0.25) is 0 Å². The predicted octanol–water partition coefficient (Wildman–Crippen LogP) is 2.81. The molecule has 0 unspecified atom stereocenters. The minimum Gasteiger partial charge on any atom is -0.506 e. The molecule has 0 aliphatic carbocycles. The van der Waals surface area contributed by atoms with Gasteiger partial charge in [0.05, 0.1) is 0 Å². The average Bonchev–Trinajstić information content (AvgIpc) is 2.28. The molecule has 0 spiro atoms. The first-order chi connectivity index (χ1) is 7.63. The van der Waals surface area contributed by atoms with Crippen molar-refractivity contribution in [2.24, 2.45) is 0 Å². The Labute approximate surface area is 93.0 Å². The maximum atomic E-state index is 10.9. The zero-order chi connectivity index (χ0) is 11.7. The lowest BCUT2D eigenvalue weighted by Crippen LogP contribution is -1.96. The van der Waals surface area contributed by atoms with Crippen LogP contribution in [0.3, 0.4) is 0 Å². The molecular weight excluding hydrogens is 204 g/mol. The lowest BCUT2D eigenvalue weighted by Gasteiger charge is -2.06. The zero-order valence-corrected chi connectivity index (χ0v) is 8.90. The molecule has 0 saturated heterocycles. The molecule has 0 fully saturated rings. The van der Waals surface area contributed by atoms with Crippen molar-refractivity contribution >= 4 is 16.7 Å². The number of hydrogen-bond acceptors (Lipinski definition) is 2. The van der Waals surface area contributed by atoms with Gasteiger partial charge in [-0.15, -0.1) is 0 Å². The first-order valence-corrected chi connectivity index (χ1v) is 5.11. The van der Waals surface area contributed by atoms with Crippen LogP contribution < -0.4 is 0 Å². The fourth-order valence-electron chi connectivity index (χ4n) is 1.74. The van der Waals surface area contributed by atoms with E-state index in [1.807, 2.05) is 25.1 Å². The van der Waals surface area contributed by atoms with Gasteiger partial charge < -0.3 is 10.2 Å². The van der Waals surface area contributed by atoms with Crippen molar-refractivity contribution in [2.75, 3.05) is 0 Å². The summed E-state index contributed by atoms with van der Waals surface area (Å²) >= 11 is 0. The molecule has 3 nitrogen and oxygen atoms in total. The van der Waals surface area contributed by atoms with Crippen LogP contribution in [0.25, 0.3) is 10.8 Å². The molecule has 0 atom stereocenters. The van der Waals surface area contributed by atoms with Gasteiger partial charge in [-0.25, -0.2) is 4.79 Å². The normalized spacial score (nSPS) is 10.6. The molecule has 0 saturated carbocycles. The Morgan fingerprint density at radius 1 is 1.25 bits per heavy atom. The first-order valence-electron chi connectivity index (χ1n) is 5.11. The Morgan fingerprint density at radius 3 is 2.56 bits per heavy atom. The van der Waals surface area contributed by atoms with E-state index in [0.717, 1.165) is 17.4 Å². The molecule has 0 aromatic heterocycles. The highest BCUT2D eigenvalue weighted by atomic mass is 16.4. The van der Waals surface area contributed by atoms with E-state index in [1.165, 1.54) is 6.07 Å². The number of aryl methyl sites for hydroxylation is 1. The van der Waals surface area contributed by atoms with Crippen molar-refractivity contribution in [3.05, 3.63) is 41.5 Å². The van der Waals surface area contributed by atoms with E-state index in [1.54, 1.807) is 6.07 Å². The lowest BCUT2D eigenvalue weighted by molar-refractivity contribution is 0.0694. The molecule has 82 valence electrons. The molecule has 2 N–H and O–H groups in total. The van der Waals surface area contributed by atoms with Crippen molar-refractivity contribution in [1.29, 1.82) is 0 Å². The number of benzene rings is 2. The maximum absolute atomic E-state index is 10.9. The number of aromatic hydroxyl groups is 1. The van der Waals surface area contributed by atoms with Gasteiger partial charge >= 0.3 is 5.97 Å². The molecule has 2 aromatic rings. The number of hydrogen-bond donors (Lipinski definition) is 2. The topological polar surface area (TPSA) is 57.5 Å². The average molecular weight is 216 g/mol. The lowest BCUT2D eigenvalue weighted by atomic mass is 10.0. The Kier molecular flexibility index (Phi) is 2.52. The summed E-state index contributed by atoms with van der Waals surface area (Å²) in [6.45, 7) is 2.01. The van der Waals surface area contributed by atoms with Crippen molar-refractivity contribution in [1.82, 2.24) is 0 Å². The Morgan fingerprint density at radius 2 is 1.94 bits per heavy atom. The monoisotopic (exact) mass is 216 g/mol. The van der Waals surface area contributed by atoms with E-state index in [4.69, 9.17) is 5.11 Å². The van der Waals surface area contributed by atoms with Gasteiger partial charge in [-0.3, -0.25) is 0 Å². The minimum atomic E-state index is -1.11. The quantitative estimate of drug-likeness (QED) is 0.811. The molecule has 16 heavy (non-hydrogen) atoms. The largest absolute Gasteiger partial charge is 0.506 e. The van der Waals surface area contributed by atoms with E-state index < -0.39 is 5.97 Å². The van der Waals surface area contributed by atoms with E-state index in [9.17, 15) is 9.90 Å². The zero-order valence-electron chi connectivity index (χ0n) is 8.90. The number of fused-ring (bicyclic) bond motifs is 1. The first kappa shape index (κ1) is 10.5. The van der Waals surface area contributed by atoms with Gasteiger partial charge in [0.25, 0.3) is 0 Å². The minimum absolute atomic E-state index is 0.0549. The summed E-state index contributed by atoms with van der Waals surface area (Å²) in [7, 11) is 0. The third kappa shape index (κ3) is 1.60. The Balaban J connectivity index is 2.75. The van der Waals surface area contributed by atoms with Crippen LogP contribution in [0.5, 0.6) is 5.75 Å². The van der Waals surface area contributed by atoms with Crippen LogP contribution in [0.4, 0.5) is 0 Å². The van der Waals surface area contributed by atoms with Gasteiger partial charge in [0.15, 0.2) is 0 Å². The van der Waals surface area contributed by atoms with Gasteiger partial charge in [-0.05, 0) is 29.5 Å². The second-order valence-electron chi connectivity index (χ2n) is 3.68. The summed E-state index contributed by atoms with van der Waals surface area (Å²) < 4.78 is 0. The van der Waals surface area contributed by atoms with E-state index in [-0.39, 0.29) is 11.3 Å². The van der Waals surface area contributed by atoms with Crippen LogP contribution in [0.15, 0.2) is 30.3 Å². The number of carboxylic acids is 1. The van der Waals surface area contributed by atoms with E-state index >= 15 is 0 Å². The molecule has 0 radical (unpaired) electrons. The molecule has 3 heteroatoms. The number of rotatable bonds is 2. The van der Waals surface area contributed by atoms with Crippen LogP contribution in [-0.4, -0.2) is 16.2 Å². The molecule has 0 heterocycles. The third-order valence-electron chi connectivity index (χ3n) is 2.70. The van der Waals surface area contributed by atoms with Gasteiger partial charge in [-0.2, -0.15) is 0 Å². The van der Waals surface area contributed by atoms with Crippen molar-refractivity contribution in [3.8, 4) is 5.75 Å². The molecule has 0 bridgehead atoms. The fraction of sp³-hybridized carbons (Fsp3) is 0.154. The summed E-state index contributed by atoms with van der Waals surface area (Å²) in [6.07, 6.45) is 0.854. The Bertz CT molecular complexity index is 558. The molecule has 0 aliphatic heterocycles. The highest BCUT2D eigenvalue weighted by Gasteiger charge is 2.12. The SMILES string of the molecule is CCc1ccc2ccc(C(=O)O)c(O)c2c1. The second-order valence-corrected chi connectivity index (χ2v) is 3.68. The van der Waals surface area contributed by atoms with E-state index in [0.29, 0.717) is 5.39 Å². The fourth-order valence-corrected chi connectivity index (χ4v) is 1.74. The number of aromatic carboxylic acids is 1. The summed E-state index contributed by atoms with van der Waals surface area (Å²) in [5.74, 6) is -1.26. The standard InChI is InChI=1S/C13H12O3/c1-2-8-3-4-9-5-6-10(13(15)16)12(14)11(9)7-8/h3-7,14H,2H2,1H3,(H,15,16). The van der Waals surface area contributed by atoms with Crippen molar-refractivity contribution in [2.45, 2.75) is 13.3 Å². The number of carbonyl (C=O) groups is 1. The molecular formula is C13H12O3. The van der Waals surface area contributed by atoms with Crippen molar-refractivity contribution < 1.29 is 15.0 Å². The summed E-state index contributed by atoms with van der Waals surface area (Å²) in [5.41, 5.74) is 1.02. The summed E-state index contributed by atoms with van der Waals surface area (Å²) in [5, 5.41) is 20.2. The molecule has 0 amide bonds. The third-order valence-corrected chi connectivity index (χ3v) is 2.70. The second kappa shape index (κ2) is 3.85. The van der Waals surface area contributed by atoms with Crippen LogP contribution in [0.1, 0.15) is 22.8 Å². The molecule has 0 aliphatic rings. The molecule has 2 aromatic carbocycles. The van der Waals surface area contributed by atoms with E-state index in [2.05, 4.69) is 0 Å². The highest BCUT2D eigenvalue weighted by molar-refractivity contribution is 6.00. The van der Waals surface area contributed by atoms with Crippen LogP contribution in [-0.2, 0) is 6.42 Å². The van der Waals surface area contributed by atoms with Gasteiger partial charge in [0.1, 0.15) is 11.3 Å². The number of carboxylic acid groups (broad SMARTS) is 1. The highest BCUT2D eigenvalue weighted by Crippen LogP contribution is 2.29. The summed E-state index contributed by atoms with van der Waals surface area (Å²) in [6, 6.07) is 8.82. The summed E-state index contributed by atoms with van der Waals surface area (Å²) in [4.78, 5) is 10.9. The Hall–Kier alpha value is -2.03. The maximum Gasteiger partial charge on any atom is 0.339 e. The number of phenols is 1. The van der Waals surface area contributed by atoms with Crippen LogP contribution >= 0.6 is 0 Å². The van der Waals surface area contributed by atoms with Crippen LogP contribution in [0.2, 0.25) is 0 Å². The smallest absolute Gasteiger partial charge is 0.339 e.